The lowest BCUT2D eigenvalue weighted by Gasteiger charge is -2.20. The minimum absolute atomic E-state index is 0.00543. The van der Waals surface area contributed by atoms with Gasteiger partial charge in [0.25, 0.3) is 0 Å². The molecule has 212 valence electrons. The Bertz CT molecular complexity index is 1630. The molecule has 0 radical (unpaired) electrons. The van der Waals surface area contributed by atoms with Crippen molar-refractivity contribution in [1.82, 2.24) is 4.72 Å². The number of anilines is 1. The fourth-order valence-corrected chi connectivity index (χ4v) is 5.86. The van der Waals surface area contributed by atoms with Gasteiger partial charge in [0.2, 0.25) is 15.9 Å². The summed E-state index contributed by atoms with van der Waals surface area (Å²) in [5.74, 6) is -1.20. The molecule has 41 heavy (non-hydrogen) atoms. The highest BCUT2D eigenvalue weighted by Gasteiger charge is 2.29. The van der Waals surface area contributed by atoms with Crippen LogP contribution >= 0.6 is 0 Å². The summed E-state index contributed by atoms with van der Waals surface area (Å²) in [7, 11) is -4.15. The van der Waals surface area contributed by atoms with Gasteiger partial charge in [-0.1, -0.05) is 80.6 Å². The van der Waals surface area contributed by atoms with Gasteiger partial charge in [-0.2, -0.15) is 4.72 Å². The van der Waals surface area contributed by atoms with E-state index in [1.807, 2.05) is 60.7 Å². The first kappa shape index (κ1) is 29.5. The van der Waals surface area contributed by atoms with E-state index in [1.54, 1.807) is 44.2 Å². The number of amides is 1. The van der Waals surface area contributed by atoms with E-state index in [2.05, 4.69) is 10.0 Å². The zero-order valence-corrected chi connectivity index (χ0v) is 23.8. The number of sulfonamides is 1. The summed E-state index contributed by atoms with van der Waals surface area (Å²) < 4.78 is 35.0. The third kappa shape index (κ3) is 7.59. The Balaban J connectivity index is 1.60. The zero-order valence-electron chi connectivity index (χ0n) is 23.0. The van der Waals surface area contributed by atoms with Crippen molar-refractivity contribution < 1.29 is 27.9 Å². The van der Waals surface area contributed by atoms with Crippen LogP contribution in [0.2, 0.25) is 0 Å². The van der Waals surface area contributed by atoms with E-state index in [0.717, 1.165) is 16.7 Å². The maximum absolute atomic E-state index is 13.4. The van der Waals surface area contributed by atoms with E-state index in [-0.39, 0.29) is 10.8 Å². The largest absolute Gasteiger partial charge is 0.489 e. The molecule has 8 nitrogen and oxygen atoms in total. The quantitative estimate of drug-likeness (QED) is 0.204. The Morgan fingerprint density at radius 2 is 1.51 bits per heavy atom. The molecular weight excluding hydrogens is 540 g/mol. The van der Waals surface area contributed by atoms with Crippen LogP contribution in [0.25, 0.3) is 22.3 Å². The Morgan fingerprint density at radius 1 is 0.829 bits per heavy atom. The third-order valence-electron chi connectivity index (χ3n) is 6.42. The van der Waals surface area contributed by atoms with Gasteiger partial charge in [-0.25, -0.2) is 8.42 Å². The molecule has 1 atom stereocenters. The SMILES string of the molecule is CC(=O)Nc1cccc(OCc2ccc(-c3ccc(S(=O)(=O)N[C@@H](C(=O)O)C(C)C)c(-c4ccccc4)c3)cc2)c1. The average Bonchev–Trinajstić information content (AvgIpc) is 2.95. The Hall–Kier alpha value is -4.47. The van der Waals surface area contributed by atoms with Crippen molar-refractivity contribution >= 4 is 27.6 Å². The van der Waals surface area contributed by atoms with Gasteiger partial charge in [-0.3, -0.25) is 9.59 Å². The Labute approximate surface area is 240 Å². The van der Waals surface area contributed by atoms with Crippen LogP contribution in [0.4, 0.5) is 5.69 Å². The number of nitrogens with one attached hydrogen (secondary N) is 2. The summed E-state index contributed by atoms with van der Waals surface area (Å²) in [4.78, 5) is 23.0. The molecule has 0 aliphatic heterocycles. The van der Waals surface area contributed by atoms with Crippen LogP contribution in [-0.4, -0.2) is 31.4 Å². The maximum Gasteiger partial charge on any atom is 0.322 e. The van der Waals surface area contributed by atoms with Crippen molar-refractivity contribution in [2.45, 2.75) is 38.3 Å². The van der Waals surface area contributed by atoms with E-state index >= 15 is 0 Å². The van der Waals surface area contributed by atoms with E-state index in [0.29, 0.717) is 29.2 Å². The molecule has 4 aromatic rings. The van der Waals surface area contributed by atoms with Crippen LogP contribution in [-0.2, 0) is 26.2 Å². The molecule has 0 heterocycles. The molecule has 0 spiro atoms. The normalized spacial score (nSPS) is 12.1. The molecule has 0 bridgehead atoms. The standard InChI is InChI=1S/C32H32N2O6S/c1-21(2)31(32(36)37)34-41(38,39)30-17-16-26(18-29(30)25-8-5-4-6-9-25)24-14-12-23(13-15-24)20-40-28-11-7-10-27(19-28)33-22(3)35/h4-19,21,31,34H,20H2,1-3H3,(H,33,35)(H,36,37)/t31-/m1/s1. The molecule has 0 saturated carbocycles. The highest BCUT2D eigenvalue weighted by molar-refractivity contribution is 7.89. The van der Waals surface area contributed by atoms with Crippen LogP contribution < -0.4 is 14.8 Å². The van der Waals surface area contributed by atoms with Crippen molar-refractivity contribution in [3.05, 3.63) is 103 Å². The van der Waals surface area contributed by atoms with Gasteiger partial charge in [-0.15, -0.1) is 0 Å². The summed E-state index contributed by atoms with van der Waals surface area (Å²) in [6, 6.07) is 27.8. The average molecular weight is 573 g/mol. The van der Waals surface area contributed by atoms with Gasteiger partial charge in [0.05, 0.1) is 4.90 Å². The number of aliphatic carboxylic acids is 1. The first-order valence-electron chi connectivity index (χ1n) is 13.1. The summed E-state index contributed by atoms with van der Waals surface area (Å²) in [6.07, 6.45) is 0. The monoisotopic (exact) mass is 572 g/mol. The van der Waals surface area contributed by atoms with Crippen LogP contribution in [0.1, 0.15) is 26.3 Å². The fourth-order valence-electron chi connectivity index (χ4n) is 4.32. The number of carbonyl (C=O) groups is 2. The molecule has 0 unspecified atom stereocenters. The highest BCUT2D eigenvalue weighted by atomic mass is 32.2. The lowest BCUT2D eigenvalue weighted by molar-refractivity contribution is -0.140. The van der Waals surface area contributed by atoms with E-state index < -0.39 is 28.0 Å². The first-order valence-corrected chi connectivity index (χ1v) is 14.6. The second kappa shape index (κ2) is 12.8. The minimum Gasteiger partial charge on any atom is -0.489 e. The molecule has 0 saturated heterocycles. The van der Waals surface area contributed by atoms with Gasteiger partial charge >= 0.3 is 5.97 Å². The number of hydrogen-bond acceptors (Lipinski definition) is 5. The fraction of sp³-hybridized carbons (Fsp3) is 0.188. The van der Waals surface area contributed by atoms with E-state index in [4.69, 9.17) is 4.74 Å². The Kier molecular flexibility index (Phi) is 9.21. The lowest BCUT2D eigenvalue weighted by atomic mass is 9.98. The third-order valence-corrected chi connectivity index (χ3v) is 7.92. The van der Waals surface area contributed by atoms with Crippen LogP contribution in [0.3, 0.4) is 0 Å². The van der Waals surface area contributed by atoms with Gasteiger partial charge in [-0.05, 0) is 52.4 Å². The van der Waals surface area contributed by atoms with Crippen molar-refractivity contribution in [1.29, 1.82) is 0 Å². The lowest BCUT2D eigenvalue weighted by Crippen LogP contribution is -2.44. The van der Waals surface area contributed by atoms with Crippen LogP contribution in [0.5, 0.6) is 5.75 Å². The summed E-state index contributed by atoms with van der Waals surface area (Å²) in [6.45, 7) is 5.08. The van der Waals surface area contributed by atoms with Gasteiger partial charge < -0.3 is 15.2 Å². The predicted molar refractivity (Wildman–Crippen MR) is 159 cm³/mol. The number of carboxylic acids is 1. The first-order chi connectivity index (χ1) is 19.5. The Morgan fingerprint density at radius 3 is 2.15 bits per heavy atom. The van der Waals surface area contributed by atoms with E-state index in [9.17, 15) is 23.1 Å². The molecule has 0 aliphatic rings. The van der Waals surface area contributed by atoms with Crippen molar-refractivity contribution in [3.63, 3.8) is 0 Å². The number of ether oxygens (including phenoxy) is 1. The summed E-state index contributed by atoms with van der Waals surface area (Å²) in [5.41, 5.74) is 4.42. The second-order valence-electron chi connectivity index (χ2n) is 9.95. The van der Waals surface area contributed by atoms with Crippen molar-refractivity contribution in [2.75, 3.05) is 5.32 Å². The van der Waals surface area contributed by atoms with Gasteiger partial charge in [0, 0.05) is 24.2 Å². The molecule has 4 rings (SSSR count). The van der Waals surface area contributed by atoms with Crippen LogP contribution in [0.15, 0.2) is 102 Å². The van der Waals surface area contributed by atoms with E-state index in [1.165, 1.54) is 13.0 Å². The second-order valence-corrected chi connectivity index (χ2v) is 11.6. The molecule has 3 N–H and O–H groups in total. The molecule has 1 amide bonds. The van der Waals surface area contributed by atoms with Gasteiger partial charge in [0.15, 0.2) is 0 Å². The summed E-state index contributed by atoms with van der Waals surface area (Å²) in [5, 5.41) is 12.3. The predicted octanol–water partition coefficient (Wildman–Crippen LogP) is 5.95. The summed E-state index contributed by atoms with van der Waals surface area (Å²) >= 11 is 0. The zero-order chi connectivity index (χ0) is 29.6. The molecular formula is C32H32N2O6S. The highest BCUT2D eigenvalue weighted by Crippen LogP contribution is 2.33. The minimum atomic E-state index is -4.15. The molecule has 0 aromatic heterocycles. The number of hydrogen-bond donors (Lipinski definition) is 3. The smallest absolute Gasteiger partial charge is 0.322 e. The molecule has 9 heteroatoms. The van der Waals surface area contributed by atoms with Crippen molar-refractivity contribution in [3.8, 4) is 28.0 Å². The number of carbonyl (C=O) groups excluding carboxylic acids is 1. The maximum atomic E-state index is 13.4. The molecule has 0 aliphatic carbocycles. The molecule has 0 fully saturated rings. The molecule has 4 aromatic carbocycles. The number of benzene rings is 4. The van der Waals surface area contributed by atoms with Gasteiger partial charge in [0.1, 0.15) is 18.4 Å². The van der Waals surface area contributed by atoms with Crippen molar-refractivity contribution in [2.24, 2.45) is 5.92 Å². The van der Waals surface area contributed by atoms with Crippen LogP contribution in [0, 0.1) is 5.92 Å². The topological polar surface area (TPSA) is 122 Å². The number of rotatable bonds is 11. The number of carboxylic acid groups (broad SMARTS) is 1.